The molecule has 0 bridgehead atoms. The topological polar surface area (TPSA) is 62.2 Å². The summed E-state index contributed by atoms with van der Waals surface area (Å²) in [7, 11) is 0. The van der Waals surface area contributed by atoms with Gasteiger partial charge in [0.2, 0.25) is 0 Å². The molecule has 2 N–H and O–H groups in total. The Labute approximate surface area is 99.6 Å². The highest BCUT2D eigenvalue weighted by atomic mass is 35.5. The molecule has 5 heteroatoms. The molecular weight excluding hydrogens is 228 g/mol. The first-order chi connectivity index (χ1) is 7.52. The molecule has 1 aromatic rings. The van der Waals surface area contributed by atoms with Crippen molar-refractivity contribution in [3.05, 3.63) is 28.5 Å². The third kappa shape index (κ3) is 3.79. The minimum absolute atomic E-state index is 0.0438. The van der Waals surface area contributed by atoms with E-state index in [4.69, 9.17) is 16.7 Å². The van der Waals surface area contributed by atoms with Crippen molar-refractivity contribution in [2.45, 2.75) is 13.8 Å². The van der Waals surface area contributed by atoms with Crippen molar-refractivity contribution < 1.29 is 9.90 Å². The molecule has 1 heterocycles. The van der Waals surface area contributed by atoms with E-state index in [9.17, 15) is 4.79 Å². The number of aliphatic hydroxyl groups excluding tert-OH is 1. The molecular formula is C11H15ClN2O2. The van der Waals surface area contributed by atoms with Gasteiger partial charge in [0.25, 0.3) is 5.91 Å². The number of nitrogens with zero attached hydrogens (tertiary/aromatic N) is 1. The summed E-state index contributed by atoms with van der Waals surface area (Å²) in [6.07, 6.45) is 0. The second-order valence-corrected chi connectivity index (χ2v) is 4.20. The molecule has 1 amide bonds. The third-order valence-electron chi connectivity index (χ3n) is 2.11. The van der Waals surface area contributed by atoms with Crippen LogP contribution in [0.15, 0.2) is 12.1 Å². The second kappa shape index (κ2) is 5.82. The molecule has 88 valence electrons. The van der Waals surface area contributed by atoms with Gasteiger partial charge in [0.05, 0.1) is 0 Å². The van der Waals surface area contributed by atoms with Crippen molar-refractivity contribution >= 4 is 17.5 Å². The van der Waals surface area contributed by atoms with E-state index in [1.165, 1.54) is 6.07 Å². The third-order valence-corrected chi connectivity index (χ3v) is 2.30. The van der Waals surface area contributed by atoms with Gasteiger partial charge in [-0.1, -0.05) is 18.5 Å². The van der Waals surface area contributed by atoms with Gasteiger partial charge in [-0.15, -0.1) is 0 Å². The first-order valence-electron chi connectivity index (χ1n) is 5.06. The number of carbonyl (C=O) groups excluding carboxylic acids is 1. The molecule has 1 unspecified atom stereocenters. The summed E-state index contributed by atoms with van der Waals surface area (Å²) in [6, 6.07) is 3.19. The Kier molecular flexibility index (Phi) is 4.71. The monoisotopic (exact) mass is 242 g/mol. The molecule has 0 radical (unpaired) electrons. The smallest absolute Gasteiger partial charge is 0.251 e. The average Bonchev–Trinajstić information content (AvgIpc) is 2.23. The van der Waals surface area contributed by atoms with Crippen LogP contribution in [-0.2, 0) is 0 Å². The minimum atomic E-state index is -0.201. The maximum absolute atomic E-state index is 11.7. The van der Waals surface area contributed by atoms with E-state index >= 15 is 0 Å². The number of aliphatic hydroxyl groups is 1. The Balaban J connectivity index is 2.66. The zero-order chi connectivity index (χ0) is 12.1. The predicted octanol–water partition coefficient (Wildman–Crippen LogP) is 1.40. The van der Waals surface area contributed by atoms with Gasteiger partial charge in [-0.2, -0.15) is 0 Å². The SMILES string of the molecule is Cc1cc(C(=O)NCC(C)CO)cc(Cl)n1. The van der Waals surface area contributed by atoms with Crippen LogP contribution in [0.5, 0.6) is 0 Å². The van der Waals surface area contributed by atoms with Crippen molar-refractivity contribution in [2.75, 3.05) is 13.2 Å². The summed E-state index contributed by atoms with van der Waals surface area (Å²) in [5.41, 5.74) is 1.19. The normalized spacial score (nSPS) is 12.2. The van der Waals surface area contributed by atoms with Crippen molar-refractivity contribution in [1.82, 2.24) is 10.3 Å². The lowest BCUT2D eigenvalue weighted by molar-refractivity contribution is 0.0942. The van der Waals surface area contributed by atoms with Crippen LogP contribution in [0.1, 0.15) is 23.0 Å². The summed E-state index contributed by atoms with van der Waals surface area (Å²) in [5.74, 6) is -0.157. The van der Waals surface area contributed by atoms with Crippen LogP contribution in [0.25, 0.3) is 0 Å². The summed E-state index contributed by atoms with van der Waals surface area (Å²) >= 11 is 5.75. The van der Waals surface area contributed by atoms with Crippen LogP contribution in [0, 0.1) is 12.8 Å². The first-order valence-corrected chi connectivity index (χ1v) is 5.44. The number of aromatic nitrogens is 1. The molecule has 1 atom stereocenters. The van der Waals surface area contributed by atoms with Gasteiger partial charge >= 0.3 is 0 Å². The van der Waals surface area contributed by atoms with Gasteiger partial charge in [0, 0.05) is 24.4 Å². The molecule has 0 saturated carbocycles. The van der Waals surface area contributed by atoms with Crippen LogP contribution in [0.4, 0.5) is 0 Å². The standard InChI is InChI=1S/C11H15ClN2O2/c1-7(6-15)5-13-11(16)9-3-8(2)14-10(12)4-9/h3-4,7,15H,5-6H2,1-2H3,(H,13,16). The quantitative estimate of drug-likeness (QED) is 0.785. The lowest BCUT2D eigenvalue weighted by atomic mass is 10.2. The molecule has 0 aliphatic rings. The number of nitrogens with one attached hydrogen (secondary N) is 1. The minimum Gasteiger partial charge on any atom is -0.396 e. The van der Waals surface area contributed by atoms with E-state index in [2.05, 4.69) is 10.3 Å². The molecule has 1 aromatic heterocycles. The number of rotatable bonds is 4. The van der Waals surface area contributed by atoms with E-state index in [0.717, 1.165) is 0 Å². The predicted molar refractivity (Wildman–Crippen MR) is 62.6 cm³/mol. The zero-order valence-electron chi connectivity index (χ0n) is 9.33. The van der Waals surface area contributed by atoms with Crippen molar-refractivity contribution in [1.29, 1.82) is 0 Å². The molecule has 0 aliphatic carbocycles. The Bertz CT molecular complexity index is 362. The van der Waals surface area contributed by atoms with Crippen molar-refractivity contribution in [3.63, 3.8) is 0 Å². The van der Waals surface area contributed by atoms with E-state index in [0.29, 0.717) is 23.0 Å². The number of amides is 1. The van der Waals surface area contributed by atoms with Crippen molar-refractivity contribution in [2.24, 2.45) is 5.92 Å². The maximum atomic E-state index is 11.7. The molecule has 0 spiro atoms. The molecule has 0 saturated heterocycles. The van der Waals surface area contributed by atoms with Crippen LogP contribution in [0.2, 0.25) is 5.15 Å². The van der Waals surface area contributed by atoms with Gasteiger partial charge in [-0.05, 0) is 25.0 Å². The van der Waals surface area contributed by atoms with Crippen LogP contribution < -0.4 is 5.32 Å². The van der Waals surface area contributed by atoms with Crippen LogP contribution >= 0.6 is 11.6 Å². The van der Waals surface area contributed by atoms with E-state index in [1.54, 1.807) is 13.0 Å². The number of hydrogen-bond donors (Lipinski definition) is 2. The molecule has 0 aromatic carbocycles. The largest absolute Gasteiger partial charge is 0.396 e. The fraction of sp³-hybridized carbons (Fsp3) is 0.455. The van der Waals surface area contributed by atoms with Gasteiger partial charge in [0.15, 0.2) is 0 Å². The van der Waals surface area contributed by atoms with Gasteiger partial charge in [-0.25, -0.2) is 4.98 Å². The Morgan fingerprint density at radius 3 is 2.88 bits per heavy atom. The number of aryl methyl sites for hydroxylation is 1. The number of halogens is 1. The fourth-order valence-corrected chi connectivity index (χ4v) is 1.44. The number of pyridine rings is 1. The Morgan fingerprint density at radius 1 is 1.62 bits per heavy atom. The highest BCUT2D eigenvalue weighted by molar-refractivity contribution is 6.29. The number of hydrogen-bond acceptors (Lipinski definition) is 3. The zero-order valence-corrected chi connectivity index (χ0v) is 10.1. The molecule has 1 rings (SSSR count). The van der Waals surface area contributed by atoms with Gasteiger partial charge < -0.3 is 10.4 Å². The molecule has 16 heavy (non-hydrogen) atoms. The first kappa shape index (κ1) is 12.9. The number of carbonyl (C=O) groups is 1. The van der Waals surface area contributed by atoms with Gasteiger partial charge in [0.1, 0.15) is 5.15 Å². The fourth-order valence-electron chi connectivity index (χ4n) is 1.19. The van der Waals surface area contributed by atoms with E-state index < -0.39 is 0 Å². The van der Waals surface area contributed by atoms with E-state index in [1.807, 2.05) is 6.92 Å². The summed E-state index contributed by atoms with van der Waals surface area (Å²) < 4.78 is 0. The maximum Gasteiger partial charge on any atom is 0.251 e. The van der Waals surface area contributed by atoms with Crippen LogP contribution in [0.3, 0.4) is 0 Å². The average molecular weight is 243 g/mol. The summed E-state index contributed by atoms with van der Waals surface area (Å²) in [4.78, 5) is 15.7. The second-order valence-electron chi connectivity index (χ2n) is 3.82. The summed E-state index contributed by atoms with van der Waals surface area (Å²) in [5, 5.41) is 11.8. The lowest BCUT2D eigenvalue weighted by Crippen LogP contribution is -2.29. The van der Waals surface area contributed by atoms with Gasteiger partial charge in [-0.3, -0.25) is 4.79 Å². The Hall–Kier alpha value is -1.13. The van der Waals surface area contributed by atoms with Crippen molar-refractivity contribution in [3.8, 4) is 0 Å². The lowest BCUT2D eigenvalue weighted by Gasteiger charge is -2.09. The molecule has 0 aliphatic heterocycles. The van der Waals surface area contributed by atoms with Crippen LogP contribution in [-0.4, -0.2) is 29.1 Å². The van der Waals surface area contributed by atoms with E-state index in [-0.39, 0.29) is 18.4 Å². The summed E-state index contributed by atoms with van der Waals surface area (Å²) in [6.45, 7) is 4.12. The molecule has 0 fully saturated rings. The highest BCUT2D eigenvalue weighted by Crippen LogP contribution is 2.10. The Morgan fingerprint density at radius 2 is 2.31 bits per heavy atom. The highest BCUT2D eigenvalue weighted by Gasteiger charge is 2.09. The molecule has 4 nitrogen and oxygen atoms in total.